The largest absolute Gasteiger partial charge is 0.312 e. The second kappa shape index (κ2) is 5.52. The minimum atomic E-state index is 0.628. The molecule has 0 heterocycles. The van der Waals surface area contributed by atoms with Crippen molar-refractivity contribution in [3.8, 4) is 0 Å². The lowest BCUT2D eigenvalue weighted by Gasteiger charge is -2.24. The fraction of sp³-hybridized carbons (Fsp3) is 0.833. The number of rotatable bonds is 7. The number of hydrogen-bond acceptors (Lipinski definition) is 2. The van der Waals surface area contributed by atoms with Crippen molar-refractivity contribution in [2.45, 2.75) is 26.3 Å². The van der Waals surface area contributed by atoms with Gasteiger partial charge < -0.3 is 10.2 Å². The van der Waals surface area contributed by atoms with Gasteiger partial charge in [0.25, 0.3) is 0 Å². The maximum Gasteiger partial charge on any atom is 0.0189 e. The molecule has 14 heavy (non-hydrogen) atoms. The fourth-order valence-corrected chi connectivity index (χ4v) is 1.75. The Bertz CT molecular complexity index is 179. The highest BCUT2D eigenvalue weighted by Crippen LogP contribution is 2.38. The summed E-state index contributed by atoms with van der Waals surface area (Å²) < 4.78 is 0. The zero-order valence-electron chi connectivity index (χ0n) is 9.79. The third kappa shape index (κ3) is 3.81. The highest BCUT2D eigenvalue weighted by molar-refractivity contribution is 4.85. The van der Waals surface area contributed by atoms with Crippen LogP contribution in [0.5, 0.6) is 0 Å². The molecule has 3 unspecified atom stereocenters. The van der Waals surface area contributed by atoms with E-state index in [9.17, 15) is 0 Å². The molecular weight excluding hydrogens is 172 g/mol. The lowest BCUT2D eigenvalue weighted by molar-refractivity contribution is 0.240. The number of nitrogens with zero attached hydrogens (tertiary/aromatic N) is 1. The van der Waals surface area contributed by atoms with Gasteiger partial charge in [0.2, 0.25) is 0 Å². The summed E-state index contributed by atoms with van der Waals surface area (Å²) in [4.78, 5) is 2.46. The number of hydrogen-bond donors (Lipinski definition) is 1. The lowest BCUT2D eigenvalue weighted by Crippen LogP contribution is -2.39. The van der Waals surface area contributed by atoms with Crippen LogP contribution in [0, 0.1) is 11.8 Å². The summed E-state index contributed by atoms with van der Waals surface area (Å²) in [6.07, 6.45) is 3.34. The molecular formula is C12H24N2. The van der Waals surface area contributed by atoms with E-state index in [0.717, 1.165) is 24.9 Å². The van der Waals surface area contributed by atoms with Crippen LogP contribution >= 0.6 is 0 Å². The van der Waals surface area contributed by atoms with Gasteiger partial charge in [-0.05, 0) is 32.2 Å². The second-order valence-electron chi connectivity index (χ2n) is 4.71. The van der Waals surface area contributed by atoms with Crippen LogP contribution in [0.2, 0.25) is 0 Å². The Labute approximate surface area is 88.4 Å². The molecule has 0 saturated heterocycles. The summed E-state index contributed by atoms with van der Waals surface area (Å²) in [5, 5.41) is 3.36. The molecule has 1 N–H and O–H groups in total. The molecule has 0 radical (unpaired) electrons. The van der Waals surface area contributed by atoms with Crippen LogP contribution in [0.4, 0.5) is 0 Å². The average molecular weight is 196 g/mol. The molecule has 0 spiro atoms. The summed E-state index contributed by atoms with van der Waals surface area (Å²) >= 11 is 0. The van der Waals surface area contributed by atoms with Gasteiger partial charge in [-0.25, -0.2) is 0 Å². The predicted molar refractivity (Wildman–Crippen MR) is 62.4 cm³/mol. The molecule has 2 heteroatoms. The molecule has 0 aromatic heterocycles. The van der Waals surface area contributed by atoms with Gasteiger partial charge in [0.15, 0.2) is 0 Å². The maximum atomic E-state index is 3.69. The first-order valence-corrected chi connectivity index (χ1v) is 5.67. The van der Waals surface area contributed by atoms with Crippen molar-refractivity contribution in [2.24, 2.45) is 11.8 Å². The van der Waals surface area contributed by atoms with E-state index >= 15 is 0 Å². The number of likely N-dealkylation sites (N-methyl/N-ethyl adjacent to an activating group) is 1. The first-order valence-electron chi connectivity index (χ1n) is 5.67. The van der Waals surface area contributed by atoms with Crippen LogP contribution in [-0.2, 0) is 0 Å². The van der Waals surface area contributed by atoms with E-state index in [1.54, 1.807) is 0 Å². The van der Waals surface area contributed by atoms with Crippen molar-refractivity contribution >= 4 is 0 Å². The zero-order chi connectivity index (χ0) is 10.6. The summed E-state index contributed by atoms with van der Waals surface area (Å²) in [6, 6.07) is 0.628. The van der Waals surface area contributed by atoms with Gasteiger partial charge in [0.05, 0.1) is 0 Å². The van der Waals surface area contributed by atoms with E-state index < -0.39 is 0 Å². The van der Waals surface area contributed by atoms with Gasteiger partial charge in [0, 0.05) is 25.7 Å². The molecule has 1 aliphatic rings. The maximum absolute atomic E-state index is 3.69. The highest BCUT2D eigenvalue weighted by atomic mass is 15.1. The SMILES string of the molecule is C=CCNCC(C)N(C)CC1CC1C. The normalized spacial score (nSPS) is 27.7. The van der Waals surface area contributed by atoms with E-state index in [1.165, 1.54) is 13.0 Å². The minimum absolute atomic E-state index is 0.628. The van der Waals surface area contributed by atoms with Gasteiger partial charge in [-0.2, -0.15) is 0 Å². The Hall–Kier alpha value is -0.340. The Balaban J connectivity index is 2.09. The first-order chi connectivity index (χ1) is 6.65. The van der Waals surface area contributed by atoms with Crippen molar-refractivity contribution in [1.29, 1.82) is 0 Å². The third-order valence-electron chi connectivity index (χ3n) is 3.28. The quantitative estimate of drug-likeness (QED) is 0.493. The smallest absolute Gasteiger partial charge is 0.0189 e. The summed E-state index contributed by atoms with van der Waals surface area (Å²) in [7, 11) is 2.23. The van der Waals surface area contributed by atoms with E-state index in [-0.39, 0.29) is 0 Å². The van der Waals surface area contributed by atoms with Gasteiger partial charge in [0.1, 0.15) is 0 Å². The monoisotopic (exact) mass is 196 g/mol. The molecule has 1 fully saturated rings. The van der Waals surface area contributed by atoms with Crippen molar-refractivity contribution in [3.63, 3.8) is 0 Å². The van der Waals surface area contributed by atoms with E-state index in [0.29, 0.717) is 6.04 Å². The van der Waals surface area contributed by atoms with Gasteiger partial charge in [-0.15, -0.1) is 6.58 Å². The minimum Gasteiger partial charge on any atom is -0.312 e. The van der Waals surface area contributed by atoms with Crippen LogP contribution in [0.15, 0.2) is 12.7 Å². The molecule has 3 atom stereocenters. The standard InChI is InChI=1S/C12H24N2/c1-5-6-13-8-11(3)14(4)9-12-7-10(12)2/h5,10-13H,1,6-9H2,2-4H3. The molecule has 1 saturated carbocycles. The molecule has 1 aliphatic carbocycles. The molecule has 1 rings (SSSR count). The van der Waals surface area contributed by atoms with Crippen LogP contribution in [0.25, 0.3) is 0 Å². The molecule has 0 aromatic rings. The highest BCUT2D eigenvalue weighted by Gasteiger charge is 2.33. The molecule has 0 aliphatic heterocycles. The Morgan fingerprint density at radius 1 is 1.64 bits per heavy atom. The first kappa shape index (κ1) is 11.7. The molecule has 0 amide bonds. The van der Waals surface area contributed by atoms with Gasteiger partial charge in [-0.1, -0.05) is 13.0 Å². The van der Waals surface area contributed by atoms with E-state index in [2.05, 4.69) is 37.7 Å². The van der Waals surface area contributed by atoms with Gasteiger partial charge in [-0.3, -0.25) is 0 Å². The van der Waals surface area contributed by atoms with Crippen LogP contribution in [-0.4, -0.2) is 37.6 Å². The van der Waals surface area contributed by atoms with Crippen LogP contribution in [0.1, 0.15) is 20.3 Å². The van der Waals surface area contributed by atoms with Crippen molar-refractivity contribution in [1.82, 2.24) is 10.2 Å². The molecule has 82 valence electrons. The van der Waals surface area contributed by atoms with Crippen molar-refractivity contribution in [3.05, 3.63) is 12.7 Å². The fourth-order valence-electron chi connectivity index (χ4n) is 1.75. The van der Waals surface area contributed by atoms with Crippen molar-refractivity contribution < 1.29 is 0 Å². The zero-order valence-corrected chi connectivity index (χ0v) is 9.79. The Morgan fingerprint density at radius 3 is 2.79 bits per heavy atom. The summed E-state index contributed by atoms with van der Waals surface area (Å²) in [5.41, 5.74) is 0. The second-order valence-corrected chi connectivity index (χ2v) is 4.71. The molecule has 0 aromatic carbocycles. The Morgan fingerprint density at radius 2 is 2.29 bits per heavy atom. The Kier molecular flexibility index (Phi) is 4.63. The molecule has 0 bridgehead atoms. The van der Waals surface area contributed by atoms with Crippen molar-refractivity contribution in [2.75, 3.05) is 26.7 Å². The average Bonchev–Trinajstić information content (AvgIpc) is 2.82. The van der Waals surface area contributed by atoms with E-state index in [1.807, 2.05) is 6.08 Å². The van der Waals surface area contributed by atoms with Crippen LogP contribution in [0.3, 0.4) is 0 Å². The predicted octanol–water partition coefficient (Wildman–Crippen LogP) is 1.74. The third-order valence-corrected chi connectivity index (χ3v) is 3.28. The van der Waals surface area contributed by atoms with Gasteiger partial charge >= 0.3 is 0 Å². The number of nitrogens with one attached hydrogen (secondary N) is 1. The summed E-state index contributed by atoms with van der Waals surface area (Å²) in [5.74, 6) is 1.92. The molecule has 2 nitrogen and oxygen atoms in total. The summed E-state index contributed by atoms with van der Waals surface area (Å²) in [6.45, 7) is 11.6. The van der Waals surface area contributed by atoms with E-state index in [4.69, 9.17) is 0 Å². The lowest BCUT2D eigenvalue weighted by atomic mass is 10.2. The van der Waals surface area contributed by atoms with Crippen LogP contribution < -0.4 is 5.32 Å². The topological polar surface area (TPSA) is 15.3 Å².